The van der Waals surface area contributed by atoms with E-state index in [9.17, 15) is 13.2 Å². The maximum Gasteiger partial charge on any atom is 0.235 e. The van der Waals surface area contributed by atoms with Crippen LogP contribution in [0.15, 0.2) is 36.4 Å². The van der Waals surface area contributed by atoms with Crippen LogP contribution < -0.4 is 5.32 Å². The number of benzene rings is 2. The number of rotatable bonds is 7. The first kappa shape index (κ1) is 22.3. The molecule has 5 nitrogen and oxygen atoms in total. The van der Waals surface area contributed by atoms with E-state index in [1.54, 1.807) is 36.4 Å². The highest BCUT2D eigenvalue weighted by Crippen LogP contribution is 2.24. The molecule has 10 heteroatoms. The van der Waals surface area contributed by atoms with Crippen LogP contribution in [0.4, 0.5) is 0 Å². The summed E-state index contributed by atoms with van der Waals surface area (Å²) in [5.41, 5.74) is 1.29. The van der Waals surface area contributed by atoms with Gasteiger partial charge in [-0.25, -0.2) is 8.42 Å². The zero-order valence-corrected chi connectivity index (χ0v) is 18.0. The molecule has 2 aromatic rings. The van der Waals surface area contributed by atoms with Crippen LogP contribution in [0, 0.1) is 0 Å². The molecule has 0 unspecified atom stereocenters. The maximum absolute atomic E-state index is 12.2. The van der Waals surface area contributed by atoms with E-state index in [1.165, 1.54) is 0 Å². The molecule has 0 spiro atoms. The van der Waals surface area contributed by atoms with Gasteiger partial charge in [-0.15, -0.1) is 0 Å². The summed E-state index contributed by atoms with van der Waals surface area (Å²) in [4.78, 5) is 12.2. The van der Waals surface area contributed by atoms with E-state index in [0.717, 1.165) is 10.6 Å². The molecule has 1 N–H and O–H groups in total. The minimum absolute atomic E-state index is 0.00908. The molecule has 2 aromatic carbocycles. The molecule has 0 aliphatic rings. The fourth-order valence-electron chi connectivity index (χ4n) is 2.21. The number of nitrogens with one attached hydrogen (secondary N) is 1. The van der Waals surface area contributed by atoms with Gasteiger partial charge in [-0.05, 0) is 35.4 Å². The van der Waals surface area contributed by atoms with E-state index in [-0.39, 0.29) is 19.6 Å². The number of halogens is 4. The second-order valence-electron chi connectivity index (χ2n) is 5.79. The minimum atomic E-state index is -3.62. The van der Waals surface area contributed by atoms with Crippen LogP contribution in [0.5, 0.6) is 0 Å². The summed E-state index contributed by atoms with van der Waals surface area (Å²) < 4.78 is 25.1. The number of amides is 1. The van der Waals surface area contributed by atoms with Gasteiger partial charge >= 0.3 is 0 Å². The normalized spacial score (nSPS) is 11.6. The summed E-state index contributed by atoms with van der Waals surface area (Å²) in [6.45, 7) is -0.200. The summed E-state index contributed by atoms with van der Waals surface area (Å²) >= 11 is 23.7. The molecule has 0 bridgehead atoms. The fourth-order valence-corrected chi connectivity index (χ4v) is 3.74. The summed E-state index contributed by atoms with van der Waals surface area (Å²) in [5.74, 6) is -0.466. The van der Waals surface area contributed by atoms with Gasteiger partial charge in [0.15, 0.2) is 0 Å². The number of carbonyl (C=O) groups excluding carboxylic acids is 1. The molecule has 2 rings (SSSR count). The van der Waals surface area contributed by atoms with Crippen LogP contribution >= 0.6 is 46.4 Å². The van der Waals surface area contributed by atoms with Gasteiger partial charge in [0.25, 0.3) is 0 Å². The quantitative estimate of drug-likeness (QED) is 0.654. The Morgan fingerprint density at radius 3 is 2.30 bits per heavy atom. The van der Waals surface area contributed by atoms with Gasteiger partial charge in [-0.1, -0.05) is 58.5 Å². The molecule has 0 saturated carbocycles. The Bertz CT molecular complexity index is 951. The lowest BCUT2D eigenvalue weighted by atomic mass is 10.2. The first-order valence-corrected chi connectivity index (χ1v) is 11.0. The van der Waals surface area contributed by atoms with Gasteiger partial charge in [0.05, 0.1) is 22.8 Å². The predicted octanol–water partition coefficient (Wildman–Crippen LogP) is 4.38. The van der Waals surface area contributed by atoms with Crippen LogP contribution in [0.1, 0.15) is 11.1 Å². The van der Waals surface area contributed by atoms with Crippen LogP contribution in [0.3, 0.4) is 0 Å². The first-order valence-electron chi connectivity index (χ1n) is 7.66. The Labute approximate surface area is 178 Å². The Morgan fingerprint density at radius 2 is 1.70 bits per heavy atom. The standard InChI is InChI=1S/C17H16Cl4N2O3S/c1-27(25,26)23(9-11-2-5-14(19)16(21)6-11)10-17(24)22-8-12-3-4-13(18)7-15(12)20/h2-7H,8-10H2,1H3,(H,22,24). The second-order valence-corrected chi connectivity index (χ2v) is 9.43. The molecule has 0 saturated heterocycles. The molecule has 27 heavy (non-hydrogen) atoms. The summed E-state index contributed by atoms with van der Waals surface area (Å²) in [6, 6.07) is 9.70. The van der Waals surface area contributed by atoms with Crippen LogP contribution in [-0.2, 0) is 27.9 Å². The van der Waals surface area contributed by atoms with Gasteiger partial charge in [0.2, 0.25) is 15.9 Å². The molecule has 146 valence electrons. The number of sulfonamides is 1. The molecule has 1 amide bonds. The monoisotopic (exact) mass is 468 g/mol. The van der Waals surface area contributed by atoms with Crippen molar-refractivity contribution in [3.63, 3.8) is 0 Å². The summed E-state index contributed by atoms with van der Waals surface area (Å²) in [5, 5.41) is 4.22. The SMILES string of the molecule is CS(=O)(=O)N(CC(=O)NCc1ccc(Cl)cc1Cl)Cc1ccc(Cl)c(Cl)c1. The van der Waals surface area contributed by atoms with E-state index in [1.807, 2.05) is 0 Å². The molecule has 0 aliphatic carbocycles. The third-order valence-corrected chi connectivity index (χ3v) is 6.15. The largest absolute Gasteiger partial charge is 0.351 e. The van der Waals surface area contributed by atoms with Crippen molar-refractivity contribution in [3.8, 4) is 0 Å². The lowest BCUT2D eigenvalue weighted by molar-refractivity contribution is -0.121. The molecule has 0 aliphatic heterocycles. The van der Waals surface area contributed by atoms with Gasteiger partial charge in [0.1, 0.15) is 0 Å². The van der Waals surface area contributed by atoms with Crippen molar-refractivity contribution < 1.29 is 13.2 Å². The average Bonchev–Trinajstić information content (AvgIpc) is 2.56. The Hall–Kier alpha value is -1.02. The number of carbonyl (C=O) groups is 1. The number of nitrogens with zero attached hydrogens (tertiary/aromatic N) is 1. The predicted molar refractivity (Wildman–Crippen MR) is 110 cm³/mol. The molecule has 0 radical (unpaired) electrons. The van der Waals surface area contributed by atoms with Crippen molar-refractivity contribution in [1.29, 1.82) is 0 Å². The van der Waals surface area contributed by atoms with Gasteiger partial charge in [-0.2, -0.15) is 4.31 Å². The van der Waals surface area contributed by atoms with Crippen molar-refractivity contribution in [1.82, 2.24) is 9.62 Å². The van der Waals surface area contributed by atoms with Gasteiger partial charge < -0.3 is 5.32 Å². The van der Waals surface area contributed by atoms with E-state index >= 15 is 0 Å². The van der Waals surface area contributed by atoms with Crippen molar-refractivity contribution in [2.75, 3.05) is 12.8 Å². The Balaban J connectivity index is 2.04. The molecule has 0 fully saturated rings. The van der Waals surface area contributed by atoms with Crippen LogP contribution in [0.2, 0.25) is 20.1 Å². The highest BCUT2D eigenvalue weighted by Gasteiger charge is 2.21. The van der Waals surface area contributed by atoms with E-state index < -0.39 is 15.9 Å². The fraction of sp³-hybridized carbons (Fsp3) is 0.235. The summed E-state index contributed by atoms with van der Waals surface area (Å²) in [6.07, 6.45) is 1.04. The zero-order chi connectivity index (χ0) is 20.2. The van der Waals surface area contributed by atoms with Crippen molar-refractivity contribution >= 4 is 62.3 Å². The third kappa shape index (κ3) is 6.82. The Kier molecular flexibility index (Phi) is 7.80. The topological polar surface area (TPSA) is 66.5 Å². The van der Waals surface area contributed by atoms with E-state index in [2.05, 4.69) is 5.32 Å². The van der Waals surface area contributed by atoms with Gasteiger partial charge in [0, 0.05) is 23.1 Å². The molecular weight excluding hydrogens is 454 g/mol. The first-order chi connectivity index (χ1) is 12.6. The van der Waals surface area contributed by atoms with Crippen molar-refractivity contribution in [2.24, 2.45) is 0 Å². The van der Waals surface area contributed by atoms with Crippen LogP contribution in [0.25, 0.3) is 0 Å². The van der Waals surface area contributed by atoms with E-state index in [0.29, 0.717) is 31.2 Å². The Morgan fingerprint density at radius 1 is 1.00 bits per heavy atom. The highest BCUT2D eigenvalue weighted by molar-refractivity contribution is 7.88. The summed E-state index contributed by atoms with van der Waals surface area (Å²) in [7, 11) is -3.62. The van der Waals surface area contributed by atoms with Crippen LogP contribution in [-0.4, -0.2) is 31.4 Å². The zero-order valence-electron chi connectivity index (χ0n) is 14.2. The van der Waals surface area contributed by atoms with Gasteiger partial charge in [-0.3, -0.25) is 4.79 Å². The van der Waals surface area contributed by atoms with E-state index in [4.69, 9.17) is 46.4 Å². The molecule has 0 atom stereocenters. The number of hydrogen-bond donors (Lipinski definition) is 1. The average molecular weight is 470 g/mol. The lowest BCUT2D eigenvalue weighted by Crippen LogP contribution is -2.39. The maximum atomic E-state index is 12.2. The molecule has 0 heterocycles. The smallest absolute Gasteiger partial charge is 0.235 e. The third-order valence-electron chi connectivity index (χ3n) is 3.62. The highest BCUT2D eigenvalue weighted by atomic mass is 35.5. The molecular formula is C17H16Cl4N2O3S. The second kappa shape index (κ2) is 9.45. The van der Waals surface area contributed by atoms with Crippen molar-refractivity contribution in [3.05, 3.63) is 67.6 Å². The minimum Gasteiger partial charge on any atom is -0.351 e. The number of hydrogen-bond acceptors (Lipinski definition) is 3. The van der Waals surface area contributed by atoms with Crippen molar-refractivity contribution in [2.45, 2.75) is 13.1 Å². The molecule has 0 aromatic heterocycles. The lowest BCUT2D eigenvalue weighted by Gasteiger charge is -2.20.